The molecule has 142 valence electrons. The molecule has 24 heavy (non-hydrogen) atoms. The summed E-state index contributed by atoms with van der Waals surface area (Å²) in [5, 5.41) is 6.83. The van der Waals surface area contributed by atoms with E-state index < -0.39 is 0 Å². The van der Waals surface area contributed by atoms with Crippen molar-refractivity contribution in [3.05, 3.63) is 0 Å². The fraction of sp³-hybridized carbons (Fsp3) is 0.941. The van der Waals surface area contributed by atoms with Crippen molar-refractivity contribution < 1.29 is 4.74 Å². The molecule has 0 aliphatic carbocycles. The second kappa shape index (κ2) is 12.3. The van der Waals surface area contributed by atoms with Gasteiger partial charge in [0.05, 0.1) is 6.10 Å². The first-order chi connectivity index (χ1) is 11.2. The molecule has 0 amide bonds. The van der Waals surface area contributed by atoms with E-state index in [-0.39, 0.29) is 24.0 Å². The molecule has 6 nitrogen and oxygen atoms in total. The van der Waals surface area contributed by atoms with Crippen LogP contribution in [0, 0.1) is 5.92 Å². The number of halogens is 1. The van der Waals surface area contributed by atoms with E-state index in [0.29, 0.717) is 12.0 Å². The van der Waals surface area contributed by atoms with E-state index in [4.69, 9.17) is 4.74 Å². The van der Waals surface area contributed by atoms with Crippen molar-refractivity contribution in [2.24, 2.45) is 10.9 Å². The van der Waals surface area contributed by atoms with Gasteiger partial charge >= 0.3 is 0 Å². The van der Waals surface area contributed by atoms with Gasteiger partial charge in [-0.2, -0.15) is 0 Å². The Morgan fingerprint density at radius 2 is 1.92 bits per heavy atom. The number of aliphatic imine (C=N–C) groups is 1. The molecular weight excluding hydrogens is 417 g/mol. The van der Waals surface area contributed by atoms with E-state index in [2.05, 4.69) is 39.3 Å². The standard InChI is InChI=1S/C17H35N5O.HI/c1-4-21-7-9-22(10-8-21)14-15(2)12-19-17(18-3)20-13-16-6-5-11-23-16;/h15-16H,4-14H2,1-3H3,(H2,18,19,20);1H. The van der Waals surface area contributed by atoms with Crippen LogP contribution in [-0.4, -0.2) is 87.9 Å². The number of piperazine rings is 1. The van der Waals surface area contributed by atoms with Gasteiger partial charge < -0.3 is 25.2 Å². The number of likely N-dealkylation sites (N-methyl/N-ethyl adjacent to an activating group) is 1. The number of hydrogen-bond donors (Lipinski definition) is 2. The topological polar surface area (TPSA) is 52.1 Å². The second-order valence-corrected chi connectivity index (χ2v) is 6.81. The Morgan fingerprint density at radius 1 is 1.21 bits per heavy atom. The minimum atomic E-state index is 0. The largest absolute Gasteiger partial charge is 0.376 e. The van der Waals surface area contributed by atoms with Crippen molar-refractivity contribution in [2.45, 2.75) is 32.8 Å². The van der Waals surface area contributed by atoms with Crippen LogP contribution in [0.5, 0.6) is 0 Å². The first-order valence-electron chi connectivity index (χ1n) is 9.22. The Balaban J connectivity index is 0.00000288. The van der Waals surface area contributed by atoms with Gasteiger partial charge in [0.15, 0.2) is 5.96 Å². The minimum Gasteiger partial charge on any atom is -0.376 e. The van der Waals surface area contributed by atoms with Gasteiger partial charge in [0.1, 0.15) is 0 Å². The number of nitrogens with zero attached hydrogens (tertiary/aromatic N) is 3. The molecule has 2 fully saturated rings. The molecule has 0 aromatic rings. The molecule has 0 radical (unpaired) electrons. The zero-order valence-corrected chi connectivity index (χ0v) is 17.9. The minimum absolute atomic E-state index is 0. The Bertz CT molecular complexity index is 355. The van der Waals surface area contributed by atoms with E-state index in [1.54, 1.807) is 0 Å². The van der Waals surface area contributed by atoms with Crippen molar-refractivity contribution in [1.82, 2.24) is 20.4 Å². The normalized spacial score (nSPS) is 24.5. The molecule has 2 atom stereocenters. The third-order valence-corrected chi connectivity index (χ3v) is 4.84. The molecule has 0 aromatic carbocycles. The van der Waals surface area contributed by atoms with Gasteiger partial charge in [-0.3, -0.25) is 4.99 Å². The maximum atomic E-state index is 5.64. The first kappa shape index (κ1) is 21.9. The number of nitrogens with one attached hydrogen (secondary N) is 2. The van der Waals surface area contributed by atoms with Gasteiger partial charge in [-0.05, 0) is 25.3 Å². The lowest BCUT2D eigenvalue weighted by Crippen LogP contribution is -2.49. The lowest BCUT2D eigenvalue weighted by atomic mass is 10.1. The molecule has 0 aromatic heterocycles. The van der Waals surface area contributed by atoms with Crippen LogP contribution in [0.3, 0.4) is 0 Å². The number of hydrogen-bond acceptors (Lipinski definition) is 4. The number of rotatable bonds is 7. The molecule has 0 spiro atoms. The second-order valence-electron chi connectivity index (χ2n) is 6.81. The molecule has 0 bridgehead atoms. The molecule has 2 aliphatic rings. The first-order valence-corrected chi connectivity index (χ1v) is 9.22. The zero-order valence-electron chi connectivity index (χ0n) is 15.6. The van der Waals surface area contributed by atoms with Gasteiger partial charge in [-0.1, -0.05) is 13.8 Å². The summed E-state index contributed by atoms with van der Waals surface area (Å²) in [6, 6.07) is 0. The summed E-state index contributed by atoms with van der Waals surface area (Å²) in [7, 11) is 1.83. The Kier molecular flexibility index (Phi) is 11.2. The number of ether oxygens (including phenoxy) is 1. The lowest BCUT2D eigenvalue weighted by Gasteiger charge is -2.35. The fourth-order valence-corrected chi connectivity index (χ4v) is 3.30. The van der Waals surface area contributed by atoms with Crippen LogP contribution >= 0.6 is 24.0 Å². The highest BCUT2D eigenvalue weighted by Crippen LogP contribution is 2.10. The molecule has 2 N–H and O–H groups in total. The van der Waals surface area contributed by atoms with Crippen LogP contribution in [0.25, 0.3) is 0 Å². The van der Waals surface area contributed by atoms with Crippen LogP contribution in [0.15, 0.2) is 4.99 Å². The van der Waals surface area contributed by atoms with E-state index in [1.807, 2.05) is 7.05 Å². The van der Waals surface area contributed by atoms with E-state index >= 15 is 0 Å². The highest BCUT2D eigenvalue weighted by Gasteiger charge is 2.18. The number of guanidine groups is 1. The van der Waals surface area contributed by atoms with Crippen molar-refractivity contribution in [3.63, 3.8) is 0 Å². The summed E-state index contributed by atoms with van der Waals surface area (Å²) in [6.45, 7) is 14.4. The van der Waals surface area contributed by atoms with Gasteiger partial charge in [-0.15, -0.1) is 24.0 Å². The van der Waals surface area contributed by atoms with Crippen molar-refractivity contribution in [1.29, 1.82) is 0 Å². The summed E-state index contributed by atoms with van der Waals surface area (Å²) >= 11 is 0. The molecular formula is C17H36IN5O. The zero-order chi connectivity index (χ0) is 16.5. The van der Waals surface area contributed by atoms with Crippen molar-refractivity contribution in [2.75, 3.05) is 66.0 Å². The molecule has 2 saturated heterocycles. The average molecular weight is 453 g/mol. The molecule has 0 saturated carbocycles. The van der Waals surface area contributed by atoms with Crippen molar-refractivity contribution in [3.8, 4) is 0 Å². The Labute approximate surface area is 164 Å². The van der Waals surface area contributed by atoms with Crippen LogP contribution in [-0.2, 0) is 4.74 Å². The molecule has 2 aliphatic heterocycles. The Hall–Kier alpha value is -0.120. The van der Waals surface area contributed by atoms with Gasteiger partial charge in [0.25, 0.3) is 0 Å². The summed E-state index contributed by atoms with van der Waals surface area (Å²) in [6.07, 6.45) is 2.69. The fourth-order valence-electron chi connectivity index (χ4n) is 3.30. The molecule has 2 heterocycles. The maximum Gasteiger partial charge on any atom is 0.191 e. The third kappa shape index (κ3) is 7.84. The molecule has 2 unspecified atom stereocenters. The monoisotopic (exact) mass is 453 g/mol. The highest BCUT2D eigenvalue weighted by atomic mass is 127. The summed E-state index contributed by atoms with van der Waals surface area (Å²) in [4.78, 5) is 9.42. The van der Waals surface area contributed by atoms with Crippen molar-refractivity contribution >= 4 is 29.9 Å². The maximum absolute atomic E-state index is 5.64. The van der Waals surface area contributed by atoms with Crippen LogP contribution in [0.2, 0.25) is 0 Å². The van der Waals surface area contributed by atoms with Crippen LogP contribution in [0.4, 0.5) is 0 Å². The van der Waals surface area contributed by atoms with E-state index in [9.17, 15) is 0 Å². The lowest BCUT2D eigenvalue weighted by molar-refractivity contribution is 0.113. The Morgan fingerprint density at radius 3 is 2.50 bits per heavy atom. The van der Waals surface area contributed by atoms with E-state index in [0.717, 1.165) is 38.6 Å². The predicted molar refractivity (Wildman–Crippen MR) is 111 cm³/mol. The predicted octanol–water partition coefficient (Wildman–Crippen LogP) is 1.22. The summed E-state index contributed by atoms with van der Waals surface area (Å²) in [5.74, 6) is 1.51. The van der Waals surface area contributed by atoms with Crippen LogP contribution < -0.4 is 10.6 Å². The highest BCUT2D eigenvalue weighted by molar-refractivity contribution is 14.0. The van der Waals surface area contributed by atoms with Gasteiger partial charge in [-0.25, -0.2) is 0 Å². The molecule has 2 rings (SSSR count). The summed E-state index contributed by atoms with van der Waals surface area (Å²) in [5.41, 5.74) is 0. The smallest absolute Gasteiger partial charge is 0.191 e. The summed E-state index contributed by atoms with van der Waals surface area (Å²) < 4.78 is 5.64. The van der Waals surface area contributed by atoms with Gasteiger partial charge in [0, 0.05) is 59.5 Å². The van der Waals surface area contributed by atoms with E-state index in [1.165, 1.54) is 39.1 Å². The third-order valence-electron chi connectivity index (χ3n) is 4.84. The molecule has 7 heteroatoms. The van der Waals surface area contributed by atoms with Crippen LogP contribution in [0.1, 0.15) is 26.7 Å². The average Bonchev–Trinajstić information content (AvgIpc) is 3.09. The quantitative estimate of drug-likeness (QED) is 0.345. The van der Waals surface area contributed by atoms with Gasteiger partial charge in [0.2, 0.25) is 0 Å². The SMILES string of the molecule is CCN1CCN(CC(C)CNC(=NC)NCC2CCCO2)CC1.I.